The van der Waals surface area contributed by atoms with E-state index in [9.17, 15) is 5.11 Å². The van der Waals surface area contributed by atoms with Gasteiger partial charge in [-0.15, -0.1) is 0 Å². The monoisotopic (exact) mass is 252 g/mol. The van der Waals surface area contributed by atoms with Gasteiger partial charge < -0.3 is 15.3 Å². The van der Waals surface area contributed by atoms with E-state index in [1.165, 1.54) is 0 Å². The van der Waals surface area contributed by atoms with Crippen molar-refractivity contribution >= 4 is 11.6 Å². The van der Waals surface area contributed by atoms with Crippen molar-refractivity contribution in [1.29, 1.82) is 0 Å². The molecular formula is C13H24N4O. The Hall–Kier alpha value is -1.36. The van der Waals surface area contributed by atoms with Gasteiger partial charge in [0.2, 0.25) is 0 Å². The number of hydrogen-bond donors (Lipinski definition) is 2. The highest BCUT2D eigenvalue weighted by Crippen LogP contribution is 2.23. The Morgan fingerprint density at radius 1 is 1.33 bits per heavy atom. The van der Waals surface area contributed by atoms with Crippen LogP contribution in [0.25, 0.3) is 0 Å². The molecule has 0 aliphatic rings. The van der Waals surface area contributed by atoms with Crippen molar-refractivity contribution < 1.29 is 5.11 Å². The summed E-state index contributed by atoms with van der Waals surface area (Å²) in [6.45, 7) is 8.99. The van der Waals surface area contributed by atoms with Crippen molar-refractivity contribution in [3.05, 3.63) is 11.4 Å². The molecule has 1 rings (SSSR count). The molecule has 0 bridgehead atoms. The summed E-state index contributed by atoms with van der Waals surface area (Å²) >= 11 is 0. The van der Waals surface area contributed by atoms with Crippen LogP contribution in [0.3, 0.4) is 0 Å². The average Bonchev–Trinajstić information content (AvgIpc) is 2.37. The molecule has 2 N–H and O–H groups in total. The molecule has 1 heterocycles. The largest absolute Gasteiger partial charge is 0.394 e. The smallest absolute Gasteiger partial charge is 0.137 e. The van der Waals surface area contributed by atoms with Gasteiger partial charge in [-0.1, -0.05) is 6.92 Å². The maximum Gasteiger partial charge on any atom is 0.137 e. The Balaban J connectivity index is 3.07. The first kappa shape index (κ1) is 14.7. The summed E-state index contributed by atoms with van der Waals surface area (Å²) < 4.78 is 0. The summed E-state index contributed by atoms with van der Waals surface area (Å²) in [6, 6.07) is 0.0389. The fourth-order valence-electron chi connectivity index (χ4n) is 1.70. The molecule has 0 radical (unpaired) electrons. The number of aliphatic hydroxyl groups excluding tert-OH is 1. The lowest BCUT2D eigenvalue weighted by atomic mass is 10.2. The number of hydrogen-bond acceptors (Lipinski definition) is 5. The lowest BCUT2D eigenvalue weighted by Crippen LogP contribution is -2.33. The standard InChI is InChI=1S/C13H24N4O/c1-6-7-14-12-10(3)13(16-11(4)15-12)17(5)9(2)8-18/h9,18H,6-8H2,1-5H3,(H,14,15,16). The molecule has 18 heavy (non-hydrogen) atoms. The Bertz CT molecular complexity index is 395. The number of nitrogens with one attached hydrogen (secondary N) is 1. The highest BCUT2D eigenvalue weighted by molar-refractivity contribution is 5.58. The highest BCUT2D eigenvalue weighted by Gasteiger charge is 2.16. The molecule has 0 amide bonds. The van der Waals surface area contributed by atoms with Crippen molar-refractivity contribution in [2.45, 2.75) is 40.2 Å². The van der Waals surface area contributed by atoms with Crippen LogP contribution in [-0.2, 0) is 0 Å². The number of aromatic nitrogens is 2. The van der Waals surface area contributed by atoms with Crippen LogP contribution in [0.4, 0.5) is 11.6 Å². The van der Waals surface area contributed by atoms with E-state index in [1.54, 1.807) is 0 Å². The van der Waals surface area contributed by atoms with E-state index in [0.29, 0.717) is 0 Å². The van der Waals surface area contributed by atoms with Crippen molar-refractivity contribution in [1.82, 2.24) is 9.97 Å². The molecular weight excluding hydrogens is 228 g/mol. The van der Waals surface area contributed by atoms with E-state index in [-0.39, 0.29) is 12.6 Å². The van der Waals surface area contributed by atoms with Crippen LogP contribution in [0.5, 0.6) is 0 Å². The second-order valence-electron chi connectivity index (χ2n) is 4.64. The fraction of sp³-hybridized carbons (Fsp3) is 0.692. The summed E-state index contributed by atoms with van der Waals surface area (Å²) in [7, 11) is 1.94. The Labute approximate surface area is 109 Å². The van der Waals surface area contributed by atoms with E-state index in [0.717, 1.165) is 36.0 Å². The molecule has 5 nitrogen and oxygen atoms in total. The van der Waals surface area contributed by atoms with E-state index in [4.69, 9.17) is 0 Å². The Kier molecular flexibility index (Phi) is 5.34. The highest BCUT2D eigenvalue weighted by atomic mass is 16.3. The molecule has 0 fully saturated rings. The maximum atomic E-state index is 9.24. The molecule has 1 unspecified atom stereocenters. The summed E-state index contributed by atoms with van der Waals surface area (Å²) in [4.78, 5) is 10.9. The summed E-state index contributed by atoms with van der Waals surface area (Å²) in [5, 5.41) is 12.6. The number of anilines is 2. The minimum absolute atomic E-state index is 0.0389. The normalized spacial score (nSPS) is 12.3. The summed E-state index contributed by atoms with van der Waals surface area (Å²) in [5.41, 5.74) is 1.02. The topological polar surface area (TPSA) is 61.3 Å². The molecule has 5 heteroatoms. The Morgan fingerprint density at radius 3 is 2.56 bits per heavy atom. The van der Waals surface area contributed by atoms with Crippen LogP contribution in [0.2, 0.25) is 0 Å². The van der Waals surface area contributed by atoms with Crippen LogP contribution in [-0.4, -0.2) is 41.3 Å². The lowest BCUT2D eigenvalue weighted by Gasteiger charge is -2.26. The second kappa shape index (κ2) is 6.54. The first-order chi connectivity index (χ1) is 8.51. The lowest BCUT2D eigenvalue weighted by molar-refractivity contribution is 0.269. The number of aryl methyl sites for hydroxylation is 1. The third-order valence-corrected chi connectivity index (χ3v) is 3.03. The van der Waals surface area contributed by atoms with Gasteiger partial charge in [-0.2, -0.15) is 0 Å². The zero-order chi connectivity index (χ0) is 13.7. The van der Waals surface area contributed by atoms with Crippen molar-refractivity contribution in [2.75, 3.05) is 30.4 Å². The molecule has 0 saturated heterocycles. The van der Waals surface area contributed by atoms with Gasteiger partial charge >= 0.3 is 0 Å². The van der Waals surface area contributed by atoms with E-state index in [2.05, 4.69) is 22.2 Å². The minimum Gasteiger partial charge on any atom is -0.394 e. The summed E-state index contributed by atoms with van der Waals surface area (Å²) in [5.74, 6) is 2.50. The van der Waals surface area contributed by atoms with Crippen molar-refractivity contribution in [3.8, 4) is 0 Å². The zero-order valence-electron chi connectivity index (χ0n) is 12.0. The average molecular weight is 252 g/mol. The van der Waals surface area contributed by atoms with Crippen LogP contribution in [0.1, 0.15) is 31.7 Å². The molecule has 0 aliphatic carbocycles. The Morgan fingerprint density at radius 2 is 2.00 bits per heavy atom. The first-order valence-corrected chi connectivity index (χ1v) is 6.44. The van der Waals surface area contributed by atoms with Crippen LogP contribution >= 0.6 is 0 Å². The fourth-order valence-corrected chi connectivity index (χ4v) is 1.70. The first-order valence-electron chi connectivity index (χ1n) is 6.44. The van der Waals surface area contributed by atoms with Gasteiger partial charge in [0.25, 0.3) is 0 Å². The molecule has 0 saturated carbocycles. The van der Waals surface area contributed by atoms with Gasteiger partial charge in [0.1, 0.15) is 17.5 Å². The molecule has 1 aromatic rings. The predicted octanol–water partition coefficient (Wildman–Crippen LogP) is 1.73. The minimum atomic E-state index is 0.0389. The van der Waals surface area contributed by atoms with E-state index >= 15 is 0 Å². The SMILES string of the molecule is CCCNc1nc(C)nc(N(C)C(C)CO)c1C. The third kappa shape index (κ3) is 3.32. The van der Waals surface area contributed by atoms with Gasteiger partial charge in [-0.05, 0) is 27.2 Å². The number of nitrogens with zero attached hydrogens (tertiary/aromatic N) is 3. The number of aliphatic hydroxyl groups is 1. The molecule has 0 aromatic carbocycles. The van der Waals surface area contributed by atoms with Gasteiger partial charge in [0, 0.05) is 19.2 Å². The van der Waals surface area contributed by atoms with E-state index < -0.39 is 0 Å². The molecule has 1 aromatic heterocycles. The zero-order valence-corrected chi connectivity index (χ0v) is 12.0. The maximum absolute atomic E-state index is 9.24. The van der Waals surface area contributed by atoms with Gasteiger partial charge in [0.15, 0.2) is 0 Å². The van der Waals surface area contributed by atoms with Crippen molar-refractivity contribution in [2.24, 2.45) is 0 Å². The van der Waals surface area contributed by atoms with E-state index in [1.807, 2.05) is 32.7 Å². The molecule has 0 spiro atoms. The number of rotatable bonds is 6. The second-order valence-corrected chi connectivity index (χ2v) is 4.64. The molecule has 102 valence electrons. The number of likely N-dealkylation sites (N-methyl/N-ethyl adjacent to an activating group) is 1. The third-order valence-electron chi connectivity index (χ3n) is 3.03. The molecule has 0 aliphatic heterocycles. The summed E-state index contributed by atoms with van der Waals surface area (Å²) in [6.07, 6.45) is 1.06. The van der Waals surface area contributed by atoms with Crippen LogP contribution < -0.4 is 10.2 Å². The van der Waals surface area contributed by atoms with Crippen LogP contribution in [0, 0.1) is 13.8 Å². The van der Waals surface area contributed by atoms with Gasteiger partial charge in [0.05, 0.1) is 12.6 Å². The quantitative estimate of drug-likeness (QED) is 0.807. The van der Waals surface area contributed by atoms with Crippen LogP contribution in [0.15, 0.2) is 0 Å². The van der Waals surface area contributed by atoms with Gasteiger partial charge in [-0.3, -0.25) is 0 Å². The van der Waals surface area contributed by atoms with Crippen molar-refractivity contribution in [3.63, 3.8) is 0 Å². The molecule has 1 atom stereocenters. The predicted molar refractivity (Wildman–Crippen MR) is 75.2 cm³/mol. The van der Waals surface area contributed by atoms with Gasteiger partial charge in [-0.25, -0.2) is 9.97 Å².